The van der Waals surface area contributed by atoms with Crippen molar-refractivity contribution in [2.24, 2.45) is 10.9 Å². The molecule has 0 amide bonds. The van der Waals surface area contributed by atoms with Crippen molar-refractivity contribution in [1.82, 2.24) is 4.90 Å². The number of oxime groups is 1. The fraction of sp³-hybridized carbons (Fsp3) is 0.500. The molecule has 0 spiro atoms. The Labute approximate surface area is 108 Å². The Morgan fingerprint density at radius 2 is 2.11 bits per heavy atom. The molecule has 0 saturated carbocycles. The molecule has 2 rings (SSSR count). The minimum Gasteiger partial charge on any atom is -0.409 e. The number of nitrogens with two attached hydrogens (primary N) is 1. The van der Waals surface area contributed by atoms with E-state index >= 15 is 0 Å². The van der Waals surface area contributed by atoms with E-state index < -0.39 is 0 Å². The highest BCUT2D eigenvalue weighted by molar-refractivity contribution is 5.85. The maximum atomic E-state index is 8.83. The zero-order valence-electron chi connectivity index (χ0n) is 10.6. The minimum absolute atomic E-state index is 0.104. The number of rotatable bonds is 4. The van der Waals surface area contributed by atoms with Crippen molar-refractivity contribution in [3.05, 3.63) is 35.9 Å². The monoisotopic (exact) mass is 247 g/mol. The highest BCUT2D eigenvalue weighted by atomic mass is 16.4. The molecular weight excluding hydrogens is 226 g/mol. The Morgan fingerprint density at radius 3 is 2.83 bits per heavy atom. The van der Waals surface area contributed by atoms with Gasteiger partial charge in [0.25, 0.3) is 0 Å². The molecule has 1 aromatic rings. The van der Waals surface area contributed by atoms with E-state index in [-0.39, 0.29) is 6.04 Å². The zero-order valence-corrected chi connectivity index (χ0v) is 10.6. The Balaban J connectivity index is 1.94. The van der Waals surface area contributed by atoms with Gasteiger partial charge in [0.1, 0.15) is 0 Å². The molecule has 4 heteroatoms. The summed E-state index contributed by atoms with van der Waals surface area (Å²) >= 11 is 0. The zero-order chi connectivity index (χ0) is 12.8. The summed E-state index contributed by atoms with van der Waals surface area (Å²) in [5, 5.41) is 12.0. The average molecular weight is 247 g/mol. The summed E-state index contributed by atoms with van der Waals surface area (Å²) in [5.41, 5.74) is 7.10. The van der Waals surface area contributed by atoms with Crippen LogP contribution in [0.15, 0.2) is 35.5 Å². The summed E-state index contributed by atoms with van der Waals surface area (Å²) in [6, 6.07) is 10.5. The average Bonchev–Trinajstić information content (AvgIpc) is 2.45. The van der Waals surface area contributed by atoms with Gasteiger partial charge in [0.2, 0.25) is 0 Å². The minimum atomic E-state index is 0.104. The summed E-state index contributed by atoms with van der Waals surface area (Å²) in [6.07, 6.45) is 4.35. The van der Waals surface area contributed by atoms with Crippen molar-refractivity contribution in [3.8, 4) is 0 Å². The molecule has 1 aliphatic heterocycles. The van der Waals surface area contributed by atoms with Crippen molar-refractivity contribution in [2.45, 2.75) is 31.7 Å². The summed E-state index contributed by atoms with van der Waals surface area (Å²) in [6.45, 7) is 2.00. The normalized spacial score (nSPS) is 22.0. The van der Waals surface area contributed by atoms with Crippen LogP contribution in [0, 0.1) is 0 Å². The van der Waals surface area contributed by atoms with Crippen LogP contribution in [0.1, 0.15) is 24.8 Å². The second-order valence-electron chi connectivity index (χ2n) is 4.81. The molecule has 18 heavy (non-hydrogen) atoms. The summed E-state index contributed by atoms with van der Waals surface area (Å²) in [7, 11) is 0. The molecule has 0 aliphatic carbocycles. The summed E-state index contributed by atoms with van der Waals surface area (Å²) in [5.74, 6) is 0.350. The fourth-order valence-corrected chi connectivity index (χ4v) is 2.58. The lowest BCUT2D eigenvalue weighted by molar-refractivity contribution is 0.188. The molecule has 3 N–H and O–H groups in total. The Bertz CT molecular complexity index is 391. The molecule has 98 valence electrons. The number of nitrogens with zero attached hydrogens (tertiary/aromatic N) is 2. The van der Waals surface area contributed by atoms with Gasteiger partial charge in [-0.15, -0.1) is 0 Å². The Hall–Kier alpha value is -1.55. The van der Waals surface area contributed by atoms with Crippen LogP contribution in [-0.2, 0) is 6.42 Å². The van der Waals surface area contributed by atoms with Gasteiger partial charge in [-0.1, -0.05) is 41.9 Å². The third-order valence-corrected chi connectivity index (χ3v) is 3.60. The van der Waals surface area contributed by atoms with Crippen molar-refractivity contribution in [3.63, 3.8) is 0 Å². The maximum absolute atomic E-state index is 8.83. The van der Waals surface area contributed by atoms with E-state index in [2.05, 4.69) is 34.3 Å². The van der Waals surface area contributed by atoms with Crippen molar-refractivity contribution >= 4 is 5.84 Å². The van der Waals surface area contributed by atoms with Gasteiger partial charge < -0.3 is 10.9 Å². The first-order valence-electron chi connectivity index (χ1n) is 6.56. The molecule has 1 fully saturated rings. The largest absolute Gasteiger partial charge is 0.409 e. The van der Waals surface area contributed by atoms with E-state index in [9.17, 15) is 0 Å². The summed E-state index contributed by atoms with van der Waals surface area (Å²) < 4.78 is 0. The van der Waals surface area contributed by atoms with E-state index in [0.29, 0.717) is 5.84 Å². The van der Waals surface area contributed by atoms with Crippen LogP contribution in [0.4, 0.5) is 0 Å². The fourth-order valence-electron chi connectivity index (χ4n) is 2.58. The smallest absolute Gasteiger partial charge is 0.156 e. The SMILES string of the molecule is NC(=NO)C1CCCCN1CCc1ccccc1. The summed E-state index contributed by atoms with van der Waals surface area (Å²) in [4.78, 5) is 2.32. The third kappa shape index (κ3) is 3.23. The predicted octanol–water partition coefficient (Wildman–Crippen LogP) is 1.83. The molecule has 1 heterocycles. The van der Waals surface area contributed by atoms with E-state index in [4.69, 9.17) is 10.9 Å². The van der Waals surface area contributed by atoms with Crippen LogP contribution in [0.25, 0.3) is 0 Å². The van der Waals surface area contributed by atoms with Gasteiger partial charge in [-0.05, 0) is 31.4 Å². The Morgan fingerprint density at radius 1 is 1.33 bits per heavy atom. The maximum Gasteiger partial charge on any atom is 0.156 e. The van der Waals surface area contributed by atoms with Gasteiger partial charge in [0, 0.05) is 6.54 Å². The first-order chi connectivity index (χ1) is 8.81. The van der Waals surface area contributed by atoms with E-state index in [1.807, 2.05) is 6.07 Å². The lowest BCUT2D eigenvalue weighted by Crippen LogP contribution is -2.48. The molecule has 1 unspecified atom stereocenters. The van der Waals surface area contributed by atoms with Gasteiger partial charge in [-0.3, -0.25) is 4.90 Å². The number of hydrogen-bond donors (Lipinski definition) is 2. The number of amidine groups is 1. The van der Waals surface area contributed by atoms with Crippen LogP contribution in [0.3, 0.4) is 0 Å². The van der Waals surface area contributed by atoms with Gasteiger partial charge >= 0.3 is 0 Å². The van der Waals surface area contributed by atoms with E-state index in [1.165, 1.54) is 12.0 Å². The molecule has 0 aromatic heterocycles. The molecule has 0 bridgehead atoms. The molecule has 0 radical (unpaired) electrons. The standard InChI is InChI=1S/C14H21N3O/c15-14(16-18)13-8-4-5-10-17(13)11-9-12-6-2-1-3-7-12/h1-3,6-7,13,18H,4-5,8-11H2,(H2,15,16). The van der Waals surface area contributed by atoms with Crippen LogP contribution in [0.2, 0.25) is 0 Å². The molecule has 1 aliphatic rings. The molecule has 1 aromatic carbocycles. The first kappa shape index (κ1) is 12.9. The topological polar surface area (TPSA) is 61.9 Å². The van der Waals surface area contributed by atoms with Crippen molar-refractivity contribution in [2.75, 3.05) is 13.1 Å². The molecular formula is C14H21N3O. The second-order valence-corrected chi connectivity index (χ2v) is 4.81. The van der Waals surface area contributed by atoms with Crippen molar-refractivity contribution < 1.29 is 5.21 Å². The lowest BCUT2D eigenvalue weighted by Gasteiger charge is -2.34. The van der Waals surface area contributed by atoms with Crippen LogP contribution in [0.5, 0.6) is 0 Å². The number of likely N-dealkylation sites (tertiary alicyclic amines) is 1. The highest BCUT2D eigenvalue weighted by Crippen LogP contribution is 2.17. The van der Waals surface area contributed by atoms with Gasteiger partial charge in [-0.25, -0.2) is 0 Å². The first-order valence-corrected chi connectivity index (χ1v) is 6.56. The van der Waals surface area contributed by atoms with Gasteiger partial charge in [0.05, 0.1) is 6.04 Å². The molecule has 4 nitrogen and oxygen atoms in total. The van der Waals surface area contributed by atoms with Crippen LogP contribution < -0.4 is 5.73 Å². The van der Waals surface area contributed by atoms with Crippen LogP contribution >= 0.6 is 0 Å². The number of piperidine rings is 1. The second kappa shape index (κ2) is 6.40. The number of benzene rings is 1. The number of hydrogen-bond acceptors (Lipinski definition) is 3. The lowest BCUT2D eigenvalue weighted by atomic mass is 10.0. The van der Waals surface area contributed by atoms with Gasteiger partial charge in [-0.2, -0.15) is 0 Å². The molecule has 1 atom stereocenters. The predicted molar refractivity (Wildman–Crippen MR) is 72.8 cm³/mol. The van der Waals surface area contributed by atoms with Crippen LogP contribution in [-0.4, -0.2) is 35.1 Å². The Kier molecular flexibility index (Phi) is 4.59. The van der Waals surface area contributed by atoms with E-state index in [0.717, 1.165) is 32.4 Å². The van der Waals surface area contributed by atoms with E-state index in [1.54, 1.807) is 0 Å². The quantitative estimate of drug-likeness (QED) is 0.369. The highest BCUT2D eigenvalue weighted by Gasteiger charge is 2.25. The van der Waals surface area contributed by atoms with Crippen molar-refractivity contribution in [1.29, 1.82) is 0 Å². The molecule has 1 saturated heterocycles. The third-order valence-electron chi connectivity index (χ3n) is 3.60. The van der Waals surface area contributed by atoms with Gasteiger partial charge in [0.15, 0.2) is 5.84 Å².